The maximum absolute atomic E-state index is 11.8. The van der Waals surface area contributed by atoms with Gasteiger partial charge in [0.15, 0.2) is 6.61 Å². The Bertz CT molecular complexity index is 832. The normalized spacial score (nSPS) is 10.7. The predicted molar refractivity (Wildman–Crippen MR) is 94.3 cm³/mol. The first kappa shape index (κ1) is 16.3. The highest BCUT2D eigenvalue weighted by atomic mass is 35.5. The van der Waals surface area contributed by atoms with E-state index in [0.29, 0.717) is 23.9 Å². The first-order valence-corrected chi connectivity index (χ1v) is 8.15. The predicted octanol–water partition coefficient (Wildman–Crippen LogP) is 3.28. The second kappa shape index (κ2) is 7.84. The number of fused-ring (bicyclic) bond motifs is 1. The number of amides is 1. The number of hydrogen-bond donors (Lipinski definition) is 1. The summed E-state index contributed by atoms with van der Waals surface area (Å²) in [5.41, 5.74) is 0. The number of halogens is 1. The topological polar surface area (TPSA) is 56.1 Å². The third-order valence-corrected chi connectivity index (χ3v) is 3.77. The van der Waals surface area contributed by atoms with Crippen molar-refractivity contribution in [3.8, 4) is 5.75 Å². The average Bonchev–Trinajstić information content (AvgIpc) is 3.02. The van der Waals surface area contributed by atoms with Crippen LogP contribution in [0.3, 0.4) is 0 Å². The van der Waals surface area contributed by atoms with E-state index in [9.17, 15) is 4.79 Å². The molecule has 0 unspecified atom stereocenters. The Labute approximate surface area is 145 Å². The number of ether oxygens (including phenoxy) is 1. The number of carbonyl (C=O) groups is 1. The summed E-state index contributed by atoms with van der Waals surface area (Å²) in [7, 11) is 0. The SMILES string of the molecule is O=C(COc1ccc2ccccc2c1)NCCCn1cc(Cl)cn1. The van der Waals surface area contributed by atoms with Crippen molar-refractivity contribution >= 4 is 28.3 Å². The molecule has 5 nitrogen and oxygen atoms in total. The number of benzene rings is 2. The highest BCUT2D eigenvalue weighted by molar-refractivity contribution is 6.30. The van der Waals surface area contributed by atoms with Gasteiger partial charge in [-0.3, -0.25) is 9.48 Å². The highest BCUT2D eigenvalue weighted by Crippen LogP contribution is 2.20. The van der Waals surface area contributed by atoms with Crippen molar-refractivity contribution in [2.24, 2.45) is 0 Å². The van der Waals surface area contributed by atoms with Crippen LogP contribution >= 0.6 is 11.6 Å². The second-order valence-electron chi connectivity index (χ2n) is 5.42. The second-order valence-corrected chi connectivity index (χ2v) is 5.86. The van der Waals surface area contributed by atoms with Crippen molar-refractivity contribution in [1.82, 2.24) is 15.1 Å². The fourth-order valence-electron chi connectivity index (χ4n) is 2.39. The molecule has 0 saturated heterocycles. The molecule has 0 atom stereocenters. The molecule has 0 fully saturated rings. The van der Waals surface area contributed by atoms with Gasteiger partial charge in [-0.1, -0.05) is 41.9 Å². The van der Waals surface area contributed by atoms with Crippen LogP contribution in [-0.4, -0.2) is 28.8 Å². The highest BCUT2D eigenvalue weighted by Gasteiger charge is 2.03. The lowest BCUT2D eigenvalue weighted by Crippen LogP contribution is -2.30. The van der Waals surface area contributed by atoms with Crippen molar-refractivity contribution in [3.05, 3.63) is 59.9 Å². The molecule has 0 aliphatic rings. The van der Waals surface area contributed by atoms with E-state index in [4.69, 9.17) is 16.3 Å². The summed E-state index contributed by atoms with van der Waals surface area (Å²) in [6.45, 7) is 1.28. The Hall–Kier alpha value is -2.53. The average molecular weight is 344 g/mol. The molecule has 24 heavy (non-hydrogen) atoms. The molecule has 2 aromatic carbocycles. The smallest absolute Gasteiger partial charge is 0.257 e. The van der Waals surface area contributed by atoms with Crippen LogP contribution in [0.25, 0.3) is 10.8 Å². The number of nitrogens with zero attached hydrogens (tertiary/aromatic N) is 2. The van der Waals surface area contributed by atoms with Gasteiger partial charge in [0.1, 0.15) is 5.75 Å². The molecule has 3 rings (SSSR count). The Kier molecular flexibility index (Phi) is 5.33. The molecule has 1 amide bonds. The lowest BCUT2D eigenvalue weighted by atomic mass is 10.1. The lowest BCUT2D eigenvalue weighted by Gasteiger charge is -2.08. The molecular formula is C18H18ClN3O2. The number of aromatic nitrogens is 2. The summed E-state index contributed by atoms with van der Waals surface area (Å²) < 4.78 is 7.30. The molecule has 0 aliphatic carbocycles. The van der Waals surface area contributed by atoms with E-state index >= 15 is 0 Å². The van der Waals surface area contributed by atoms with Crippen LogP contribution in [0.4, 0.5) is 0 Å². The van der Waals surface area contributed by atoms with E-state index in [1.807, 2.05) is 42.5 Å². The minimum absolute atomic E-state index is 0.00589. The molecule has 3 aromatic rings. The van der Waals surface area contributed by atoms with Gasteiger partial charge in [-0.05, 0) is 29.3 Å². The van der Waals surface area contributed by atoms with Crippen LogP contribution in [0.2, 0.25) is 5.02 Å². The van der Waals surface area contributed by atoms with Crippen LogP contribution in [0.15, 0.2) is 54.9 Å². The van der Waals surface area contributed by atoms with Gasteiger partial charge in [-0.15, -0.1) is 0 Å². The van der Waals surface area contributed by atoms with Gasteiger partial charge in [0, 0.05) is 19.3 Å². The standard InChI is InChI=1S/C18H18ClN3O2/c19-16-11-21-22(12-16)9-3-8-20-18(23)13-24-17-7-6-14-4-1-2-5-15(14)10-17/h1-2,4-7,10-12H,3,8-9,13H2,(H,20,23). The quantitative estimate of drug-likeness (QED) is 0.670. The lowest BCUT2D eigenvalue weighted by molar-refractivity contribution is -0.123. The Balaban J connectivity index is 1.40. The number of rotatable bonds is 7. The minimum Gasteiger partial charge on any atom is -0.484 e. The summed E-state index contributed by atoms with van der Waals surface area (Å²) in [6.07, 6.45) is 4.13. The van der Waals surface area contributed by atoms with E-state index < -0.39 is 0 Å². The molecule has 1 aromatic heterocycles. The van der Waals surface area contributed by atoms with Crippen molar-refractivity contribution in [3.63, 3.8) is 0 Å². The molecular weight excluding hydrogens is 326 g/mol. The van der Waals surface area contributed by atoms with E-state index in [2.05, 4.69) is 10.4 Å². The zero-order chi connectivity index (χ0) is 16.8. The maximum atomic E-state index is 11.8. The summed E-state index contributed by atoms with van der Waals surface area (Å²) in [5, 5.41) is 9.76. The van der Waals surface area contributed by atoms with Gasteiger partial charge in [0.05, 0.1) is 11.2 Å². The molecule has 0 aliphatic heterocycles. The number of carbonyl (C=O) groups excluding carboxylic acids is 1. The van der Waals surface area contributed by atoms with E-state index in [-0.39, 0.29) is 12.5 Å². The van der Waals surface area contributed by atoms with Gasteiger partial charge in [0.2, 0.25) is 0 Å². The van der Waals surface area contributed by atoms with E-state index in [1.165, 1.54) is 0 Å². The van der Waals surface area contributed by atoms with Gasteiger partial charge in [-0.2, -0.15) is 5.10 Å². The molecule has 0 radical (unpaired) electrons. The fourth-order valence-corrected chi connectivity index (χ4v) is 2.54. The van der Waals surface area contributed by atoms with Crippen LogP contribution in [0, 0.1) is 0 Å². The zero-order valence-corrected chi connectivity index (χ0v) is 13.9. The van der Waals surface area contributed by atoms with Crippen molar-refractivity contribution in [2.75, 3.05) is 13.2 Å². The summed E-state index contributed by atoms with van der Waals surface area (Å²) in [5.74, 6) is 0.552. The number of aryl methyl sites for hydroxylation is 1. The van der Waals surface area contributed by atoms with Crippen LogP contribution in [-0.2, 0) is 11.3 Å². The van der Waals surface area contributed by atoms with Crippen LogP contribution in [0.1, 0.15) is 6.42 Å². The first-order chi connectivity index (χ1) is 11.7. The fraction of sp³-hybridized carbons (Fsp3) is 0.222. The third kappa shape index (κ3) is 4.49. The molecule has 0 spiro atoms. The summed E-state index contributed by atoms with van der Waals surface area (Å²) >= 11 is 5.79. The van der Waals surface area contributed by atoms with Crippen LogP contribution in [0.5, 0.6) is 5.75 Å². The van der Waals surface area contributed by atoms with Gasteiger partial charge in [-0.25, -0.2) is 0 Å². The summed E-state index contributed by atoms with van der Waals surface area (Å²) in [6, 6.07) is 13.8. The van der Waals surface area contributed by atoms with Gasteiger partial charge < -0.3 is 10.1 Å². The molecule has 1 N–H and O–H groups in total. The first-order valence-electron chi connectivity index (χ1n) is 7.77. The number of nitrogens with one attached hydrogen (secondary N) is 1. The van der Waals surface area contributed by atoms with Gasteiger partial charge in [0.25, 0.3) is 5.91 Å². The van der Waals surface area contributed by atoms with E-state index in [1.54, 1.807) is 17.1 Å². The van der Waals surface area contributed by atoms with Crippen LogP contribution < -0.4 is 10.1 Å². The third-order valence-electron chi connectivity index (χ3n) is 3.58. The molecule has 0 bridgehead atoms. The maximum Gasteiger partial charge on any atom is 0.257 e. The molecule has 0 saturated carbocycles. The van der Waals surface area contributed by atoms with E-state index in [0.717, 1.165) is 17.2 Å². The number of hydrogen-bond acceptors (Lipinski definition) is 3. The zero-order valence-electron chi connectivity index (χ0n) is 13.1. The monoisotopic (exact) mass is 343 g/mol. The van der Waals surface area contributed by atoms with Crippen molar-refractivity contribution in [1.29, 1.82) is 0 Å². The molecule has 6 heteroatoms. The Morgan fingerprint density at radius 3 is 2.83 bits per heavy atom. The largest absolute Gasteiger partial charge is 0.484 e. The minimum atomic E-state index is -0.137. The van der Waals surface area contributed by atoms with Crippen molar-refractivity contribution in [2.45, 2.75) is 13.0 Å². The molecule has 1 heterocycles. The van der Waals surface area contributed by atoms with Gasteiger partial charge >= 0.3 is 0 Å². The Morgan fingerprint density at radius 1 is 1.21 bits per heavy atom. The molecule has 124 valence electrons. The Morgan fingerprint density at radius 2 is 2.04 bits per heavy atom. The summed E-state index contributed by atoms with van der Waals surface area (Å²) in [4.78, 5) is 11.8. The van der Waals surface area contributed by atoms with Crippen molar-refractivity contribution < 1.29 is 9.53 Å².